The molecular formula is C14H23N3O. The van der Waals surface area contributed by atoms with Crippen molar-refractivity contribution in [3.05, 3.63) is 29.8 Å². The monoisotopic (exact) mass is 249 g/mol. The second-order valence-corrected chi connectivity index (χ2v) is 4.66. The molecule has 0 bridgehead atoms. The SMILES string of the molecule is CCC(N)(CC)CCNC(=O)c1ccccc1N. The van der Waals surface area contributed by atoms with Gasteiger partial charge < -0.3 is 16.8 Å². The van der Waals surface area contributed by atoms with Gasteiger partial charge in [0, 0.05) is 17.8 Å². The predicted molar refractivity (Wildman–Crippen MR) is 75.3 cm³/mol. The van der Waals surface area contributed by atoms with E-state index in [0.29, 0.717) is 17.8 Å². The molecule has 4 nitrogen and oxygen atoms in total. The van der Waals surface area contributed by atoms with Crippen LogP contribution >= 0.6 is 0 Å². The van der Waals surface area contributed by atoms with Crippen molar-refractivity contribution in [1.29, 1.82) is 0 Å². The van der Waals surface area contributed by atoms with Gasteiger partial charge in [0.25, 0.3) is 5.91 Å². The van der Waals surface area contributed by atoms with E-state index in [2.05, 4.69) is 19.2 Å². The van der Waals surface area contributed by atoms with E-state index in [9.17, 15) is 4.79 Å². The quantitative estimate of drug-likeness (QED) is 0.674. The van der Waals surface area contributed by atoms with E-state index in [4.69, 9.17) is 11.5 Å². The number of hydrogen-bond donors (Lipinski definition) is 3. The van der Waals surface area contributed by atoms with Gasteiger partial charge in [0.1, 0.15) is 0 Å². The number of carbonyl (C=O) groups excluding carboxylic acids is 1. The van der Waals surface area contributed by atoms with Gasteiger partial charge in [-0.05, 0) is 31.4 Å². The molecule has 4 heteroatoms. The van der Waals surface area contributed by atoms with E-state index in [1.807, 2.05) is 6.07 Å². The normalized spacial score (nSPS) is 11.3. The minimum absolute atomic E-state index is 0.136. The summed E-state index contributed by atoms with van der Waals surface area (Å²) in [5.41, 5.74) is 12.8. The summed E-state index contributed by atoms with van der Waals surface area (Å²) in [6.45, 7) is 4.71. The van der Waals surface area contributed by atoms with Gasteiger partial charge in [-0.3, -0.25) is 4.79 Å². The third-order valence-electron chi connectivity index (χ3n) is 3.52. The molecule has 0 radical (unpaired) electrons. The Labute approximate surface area is 109 Å². The van der Waals surface area contributed by atoms with Crippen LogP contribution in [0.15, 0.2) is 24.3 Å². The van der Waals surface area contributed by atoms with Gasteiger partial charge in [-0.15, -0.1) is 0 Å². The Morgan fingerprint density at radius 1 is 1.28 bits per heavy atom. The van der Waals surface area contributed by atoms with Gasteiger partial charge in [0.05, 0.1) is 5.56 Å². The van der Waals surface area contributed by atoms with Gasteiger partial charge in [0.15, 0.2) is 0 Å². The number of para-hydroxylation sites is 1. The lowest BCUT2D eigenvalue weighted by atomic mass is 9.90. The maximum Gasteiger partial charge on any atom is 0.253 e. The molecule has 1 aromatic rings. The fourth-order valence-corrected chi connectivity index (χ4v) is 1.83. The highest BCUT2D eigenvalue weighted by atomic mass is 16.1. The molecule has 0 unspecified atom stereocenters. The zero-order valence-corrected chi connectivity index (χ0v) is 11.2. The molecule has 0 saturated heterocycles. The Kier molecular flexibility index (Phi) is 5.16. The molecule has 0 aliphatic carbocycles. The molecule has 1 rings (SSSR count). The number of hydrogen-bond acceptors (Lipinski definition) is 3. The first-order valence-corrected chi connectivity index (χ1v) is 6.44. The molecule has 0 saturated carbocycles. The lowest BCUT2D eigenvalue weighted by molar-refractivity contribution is 0.0951. The number of anilines is 1. The zero-order chi connectivity index (χ0) is 13.6. The van der Waals surface area contributed by atoms with Gasteiger partial charge in [-0.25, -0.2) is 0 Å². The maximum absolute atomic E-state index is 11.9. The molecule has 18 heavy (non-hydrogen) atoms. The van der Waals surface area contributed by atoms with Gasteiger partial charge >= 0.3 is 0 Å². The number of nitrogens with two attached hydrogens (primary N) is 2. The Morgan fingerprint density at radius 3 is 2.44 bits per heavy atom. The van der Waals surface area contributed by atoms with Crippen LogP contribution in [0.5, 0.6) is 0 Å². The Morgan fingerprint density at radius 2 is 1.89 bits per heavy atom. The van der Waals surface area contributed by atoms with E-state index >= 15 is 0 Å². The second-order valence-electron chi connectivity index (χ2n) is 4.66. The van der Waals surface area contributed by atoms with E-state index in [1.165, 1.54) is 0 Å². The van der Waals surface area contributed by atoms with Crippen molar-refractivity contribution in [3.8, 4) is 0 Å². The van der Waals surface area contributed by atoms with E-state index < -0.39 is 0 Å². The van der Waals surface area contributed by atoms with Crippen molar-refractivity contribution < 1.29 is 4.79 Å². The molecule has 0 aliphatic rings. The van der Waals surface area contributed by atoms with Crippen molar-refractivity contribution in [1.82, 2.24) is 5.32 Å². The summed E-state index contributed by atoms with van der Waals surface area (Å²) in [5, 5.41) is 2.87. The predicted octanol–water partition coefficient (Wildman–Crippen LogP) is 1.91. The number of benzene rings is 1. The van der Waals surface area contributed by atoms with E-state index in [1.54, 1.807) is 18.2 Å². The third kappa shape index (κ3) is 3.74. The second kappa shape index (κ2) is 6.40. The smallest absolute Gasteiger partial charge is 0.253 e. The van der Waals surface area contributed by atoms with E-state index in [0.717, 1.165) is 19.3 Å². The van der Waals surface area contributed by atoms with Crippen molar-refractivity contribution in [2.24, 2.45) is 5.73 Å². The standard InChI is InChI=1S/C14H23N3O/c1-3-14(16,4-2)9-10-17-13(18)11-7-5-6-8-12(11)15/h5-8H,3-4,9-10,15-16H2,1-2H3,(H,17,18). The van der Waals surface area contributed by atoms with Gasteiger partial charge in [0.2, 0.25) is 0 Å². The highest BCUT2D eigenvalue weighted by molar-refractivity contribution is 5.99. The Bertz CT molecular complexity index is 400. The first-order chi connectivity index (χ1) is 8.52. The van der Waals surface area contributed by atoms with Crippen LogP contribution in [-0.4, -0.2) is 18.0 Å². The highest BCUT2D eigenvalue weighted by Gasteiger charge is 2.20. The fraction of sp³-hybridized carbons (Fsp3) is 0.500. The van der Waals surface area contributed by atoms with Crippen LogP contribution < -0.4 is 16.8 Å². The zero-order valence-electron chi connectivity index (χ0n) is 11.2. The molecule has 0 aliphatic heterocycles. The molecule has 0 heterocycles. The average molecular weight is 249 g/mol. The lowest BCUT2D eigenvalue weighted by Gasteiger charge is -2.26. The topological polar surface area (TPSA) is 81.1 Å². The van der Waals surface area contributed by atoms with Gasteiger partial charge in [-0.1, -0.05) is 26.0 Å². The average Bonchev–Trinajstić information content (AvgIpc) is 2.39. The first kappa shape index (κ1) is 14.5. The summed E-state index contributed by atoms with van der Waals surface area (Å²) >= 11 is 0. The summed E-state index contributed by atoms with van der Waals surface area (Å²) in [6, 6.07) is 7.06. The summed E-state index contributed by atoms with van der Waals surface area (Å²) in [6.07, 6.45) is 2.60. The number of amides is 1. The summed E-state index contributed by atoms with van der Waals surface area (Å²) in [5.74, 6) is -0.136. The molecule has 0 aromatic heterocycles. The molecule has 0 fully saturated rings. The van der Waals surface area contributed by atoms with Crippen molar-refractivity contribution >= 4 is 11.6 Å². The summed E-state index contributed by atoms with van der Waals surface area (Å²) < 4.78 is 0. The molecular weight excluding hydrogens is 226 g/mol. The minimum Gasteiger partial charge on any atom is -0.398 e. The lowest BCUT2D eigenvalue weighted by Crippen LogP contribution is -2.42. The molecule has 0 atom stereocenters. The van der Waals surface area contributed by atoms with Gasteiger partial charge in [-0.2, -0.15) is 0 Å². The number of nitrogens with one attached hydrogen (secondary N) is 1. The molecule has 1 aromatic carbocycles. The number of carbonyl (C=O) groups is 1. The van der Waals surface area contributed by atoms with Crippen LogP contribution in [0.2, 0.25) is 0 Å². The highest BCUT2D eigenvalue weighted by Crippen LogP contribution is 2.15. The Balaban J connectivity index is 2.50. The molecule has 100 valence electrons. The minimum atomic E-state index is -0.185. The van der Waals surface area contributed by atoms with Crippen LogP contribution in [0.1, 0.15) is 43.5 Å². The number of nitrogen functional groups attached to an aromatic ring is 1. The number of rotatable bonds is 6. The van der Waals surface area contributed by atoms with Crippen LogP contribution in [0.3, 0.4) is 0 Å². The van der Waals surface area contributed by atoms with Crippen LogP contribution in [0, 0.1) is 0 Å². The maximum atomic E-state index is 11.9. The van der Waals surface area contributed by atoms with Crippen molar-refractivity contribution in [2.75, 3.05) is 12.3 Å². The largest absolute Gasteiger partial charge is 0.398 e. The van der Waals surface area contributed by atoms with Crippen molar-refractivity contribution in [3.63, 3.8) is 0 Å². The van der Waals surface area contributed by atoms with Crippen LogP contribution in [0.4, 0.5) is 5.69 Å². The fourth-order valence-electron chi connectivity index (χ4n) is 1.83. The summed E-state index contributed by atoms with van der Waals surface area (Å²) in [7, 11) is 0. The van der Waals surface area contributed by atoms with Crippen LogP contribution in [-0.2, 0) is 0 Å². The van der Waals surface area contributed by atoms with Crippen LogP contribution in [0.25, 0.3) is 0 Å². The summed E-state index contributed by atoms with van der Waals surface area (Å²) in [4.78, 5) is 11.9. The first-order valence-electron chi connectivity index (χ1n) is 6.44. The third-order valence-corrected chi connectivity index (χ3v) is 3.52. The molecule has 5 N–H and O–H groups in total. The van der Waals surface area contributed by atoms with Crippen molar-refractivity contribution in [2.45, 2.75) is 38.6 Å². The molecule has 0 spiro atoms. The molecule has 1 amide bonds. The Hall–Kier alpha value is -1.55. The van der Waals surface area contributed by atoms with E-state index in [-0.39, 0.29) is 11.4 Å².